The number of nitrogens with zero attached hydrogens (tertiary/aromatic N) is 1. The molecule has 0 saturated heterocycles. The third kappa shape index (κ3) is 2.51. The number of hydrogen-bond acceptors (Lipinski definition) is 2. The fourth-order valence-corrected chi connectivity index (χ4v) is 2.75. The summed E-state index contributed by atoms with van der Waals surface area (Å²) >= 11 is 0. The zero-order valence-electron chi connectivity index (χ0n) is 12.0. The third-order valence-electron chi connectivity index (χ3n) is 3.96. The van der Waals surface area contributed by atoms with E-state index in [2.05, 4.69) is 5.16 Å². The standard InChI is InChI=1S/C16H15F4NO/c1-2-9-13(21-22-14(9)8-6-7-8)12-10(15(17)18)4-3-5-11(12)16(19)20/h3-5,8,15-16H,2,6-7H2,1H3. The van der Waals surface area contributed by atoms with Crippen LogP contribution in [0.4, 0.5) is 17.6 Å². The van der Waals surface area contributed by atoms with Crippen molar-refractivity contribution in [3.63, 3.8) is 0 Å². The van der Waals surface area contributed by atoms with Gasteiger partial charge in [-0.05, 0) is 19.3 Å². The van der Waals surface area contributed by atoms with Gasteiger partial charge in [-0.15, -0.1) is 0 Å². The van der Waals surface area contributed by atoms with Gasteiger partial charge in [0, 0.05) is 28.2 Å². The molecule has 2 nitrogen and oxygen atoms in total. The van der Waals surface area contributed by atoms with Gasteiger partial charge >= 0.3 is 0 Å². The van der Waals surface area contributed by atoms with Crippen molar-refractivity contribution in [2.45, 2.75) is 45.0 Å². The van der Waals surface area contributed by atoms with Gasteiger partial charge in [0.05, 0.1) is 0 Å². The molecule has 0 N–H and O–H groups in total. The molecule has 2 aromatic rings. The van der Waals surface area contributed by atoms with Crippen LogP contribution in [0.15, 0.2) is 22.7 Å². The van der Waals surface area contributed by atoms with Crippen molar-refractivity contribution in [1.29, 1.82) is 0 Å². The number of alkyl halides is 4. The lowest BCUT2D eigenvalue weighted by Crippen LogP contribution is -2.00. The molecule has 1 saturated carbocycles. The predicted octanol–water partition coefficient (Wildman–Crippen LogP) is 5.66. The number of hydrogen-bond donors (Lipinski definition) is 0. The molecule has 1 aliphatic carbocycles. The second kappa shape index (κ2) is 5.74. The molecule has 0 amide bonds. The Morgan fingerprint density at radius 3 is 2.18 bits per heavy atom. The van der Waals surface area contributed by atoms with Crippen LogP contribution in [-0.2, 0) is 6.42 Å². The highest BCUT2D eigenvalue weighted by Crippen LogP contribution is 2.46. The summed E-state index contributed by atoms with van der Waals surface area (Å²) < 4.78 is 58.4. The highest BCUT2D eigenvalue weighted by atomic mass is 19.3. The number of aromatic nitrogens is 1. The molecule has 1 fully saturated rings. The minimum Gasteiger partial charge on any atom is -0.360 e. The van der Waals surface area contributed by atoms with E-state index in [0.29, 0.717) is 17.7 Å². The first kappa shape index (κ1) is 15.1. The van der Waals surface area contributed by atoms with E-state index in [-0.39, 0.29) is 17.2 Å². The number of rotatable bonds is 5. The SMILES string of the molecule is CCc1c(-c2c(C(F)F)cccc2C(F)F)noc1C1CC1. The van der Waals surface area contributed by atoms with Gasteiger partial charge in [-0.1, -0.05) is 30.3 Å². The summed E-state index contributed by atoms with van der Waals surface area (Å²) in [5.74, 6) is 0.895. The van der Waals surface area contributed by atoms with Crippen LogP contribution in [0.3, 0.4) is 0 Å². The highest BCUT2D eigenvalue weighted by Gasteiger charge is 2.34. The van der Waals surface area contributed by atoms with Crippen LogP contribution in [0.1, 0.15) is 61.0 Å². The van der Waals surface area contributed by atoms with Crippen molar-refractivity contribution in [3.8, 4) is 11.3 Å². The van der Waals surface area contributed by atoms with Crippen LogP contribution in [0.2, 0.25) is 0 Å². The maximum absolute atomic E-state index is 13.3. The lowest BCUT2D eigenvalue weighted by Gasteiger charge is -2.13. The Labute approximate surface area is 125 Å². The number of halogens is 4. The maximum Gasteiger partial charge on any atom is 0.264 e. The molecule has 118 valence electrons. The molecule has 0 bridgehead atoms. The van der Waals surface area contributed by atoms with Gasteiger partial charge in [-0.25, -0.2) is 17.6 Å². The largest absolute Gasteiger partial charge is 0.360 e. The zero-order chi connectivity index (χ0) is 15.9. The Morgan fingerprint density at radius 2 is 1.73 bits per heavy atom. The van der Waals surface area contributed by atoms with Crippen molar-refractivity contribution < 1.29 is 22.1 Å². The second-order valence-corrected chi connectivity index (χ2v) is 5.41. The van der Waals surface area contributed by atoms with Crippen molar-refractivity contribution in [1.82, 2.24) is 5.16 Å². The van der Waals surface area contributed by atoms with Crippen molar-refractivity contribution in [2.75, 3.05) is 0 Å². The first-order valence-electron chi connectivity index (χ1n) is 7.22. The summed E-state index contributed by atoms with van der Waals surface area (Å²) in [5.41, 5.74) is -0.237. The molecule has 0 aliphatic heterocycles. The Morgan fingerprint density at radius 1 is 1.14 bits per heavy atom. The van der Waals surface area contributed by atoms with E-state index in [0.717, 1.165) is 25.0 Å². The quantitative estimate of drug-likeness (QED) is 0.666. The smallest absolute Gasteiger partial charge is 0.264 e. The molecule has 3 rings (SSSR count). The Balaban J connectivity index is 2.22. The first-order chi connectivity index (χ1) is 10.5. The minimum absolute atomic E-state index is 0.135. The summed E-state index contributed by atoms with van der Waals surface area (Å²) in [6.07, 6.45) is -3.27. The first-order valence-corrected chi connectivity index (χ1v) is 7.22. The lowest BCUT2D eigenvalue weighted by atomic mass is 9.94. The van der Waals surface area contributed by atoms with Gasteiger partial charge in [-0.2, -0.15) is 0 Å². The van der Waals surface area contributed by atoms with Crippen LogP contribution < -0.4 is 0 Å². The molecular formula is C16H15F4NO. The summed E-state index contributed by atoms with van der Waals surface area (Å²) in [5, 5.41) is 3.86. The van der Waals surface area contributed by atoms with E-state index in [1.807, 2.05) is 6.92 Å². The van der Waals surface area contributed by atoms with E-state index in [1.54, 1.807) is 0 Å². The van der Waals surface area contributed by atoms with Crippen molar-refractivity contribution >= 4 is 0 Å². The fraction of sp³-hybridized carbons (Fsp3) is 0.438. The van der Waals surface area contributed by atoms with Crippen LogP contribution in [0, 0.1) is 0 Å². The molecule has 22 heavy (non-hydrogen) atoms. The van der Waals surface area contributed by atoms with E-state index in [4.69, 9.17) is 4.52 Å². The highest BCUT2D eigenvalue weighted by molar-refractivity contribution is 5.72. The Hall–Kier alpha value is -1.85. The third-order valence-corrected chi connectivity index (χ3v) is 3.96. The molecule has 0 unspecified atom stereocenters. The summed E-state index contributed by atoms with van der Waals surface area (Å²) in [7, 11) is 0. The van der Waals surface area contributed by atoms with Crippen LogP contribution in [0.5, 0.6) is 0 Å². The fourth-order valence-electron chi connectivity index (χ4n) is 2.75. The van der Waals surface area contributed by atoms with Gasteiger partial charge in [0.1, 0.15) is 11.5 Å². The molecule has 1 heterocycles. The van der Waals surface area contributed by atoms with E-state index >= 15 is 0 Å². The number of benzene rings is 1. The van der Waals surface area contributed by atoms with Gasteiger partial charge in [-0.3, -0.25) is 0 Å². The Kier molecular flexibility index (Phi) is 3.93. The molecular weight excluding hydrogens is 298 g/mol. The summed E-state index contributed by atoms with van der Waals surface area (Å²) in [6.45, 7) is 1.84. The Bertz CT molecular complexity index is 651. The van der Waals surface area contributed by atoms with Gasteiger partial charge in [0.25, 0.3) is 12.9 Å². The van der Waals surface area contributed by atoms with E-state index in [9.17, 15) is 17.6 Å². The van der Waals surface area contributed by atoms with Gasteiger partial charge in [0.2, 0.25) is 0 Å². The lowest BCUT2D eigenvalue weighted by molar-refractivity contribution is 0.145. The molecule has 1 aromatic heterocycles. The normalized spacial score (nSPS) is 15.0. The predicted molar refractivity (Wildman–Crippen MR) is 73.2 cm³/mol. The van der Waals surface area contributed by atoms with Crippen molar-refractivity contribution in [2.24, 2.45) is 0 Å². The average Bonchev–Trinajstić information content (AvgIpc) is 3.25. The van der Waals surface area contributed by atoms with Crippen molar-refractivity contribution in [3.05, 3.63) is 40.6 Å². The molecule has 0 spiro atoms. The summed E-state index contributed by atoms with van der Waals surface area (Å²) in [4.78, 5) is 0. The zero-order valence-corrected chi connectivity index (χ0v) is 12.0. The summed E-state index contributed by atoms with van der Waals surface area (Å²) in [6, 6.07) is 3.55. The topological polar surface area (TPSA) is 26.0 Å². The van der Waals surface area contributed by atoms with Gasteiger partial charge < -0.3 is 4.52 Å². The van der Waals surface area contributed by atoms with E-state index < -0.39 is 24.0 Å². The van der Waals surface area contributed by atoms with Gasteiger partial charge in [0.15, 0.2) is 0 Å². The van der Waals surface area contributed by atoms with Crippen LogP contribution in [-0.4, -0.2) is 5.16 Å². The van der Waals surface area contributed by atoms with Crippen LogP contribution >= 0.6 is 0 Å². The maximum atomic E-state index is 13.3. The molecule has 1 aromatic carbocycles. The molecule has 0 atom stereocenters. The monoisotopic (exact) mass is 313 g/mol. The van der Waals surface area contributed by atoms with E-state index in [1.165, 1.54) is 6.07 Å². The molecule has 6 heteroatoms. The minimum atomic E-state index is -2.85. The average molecular weight is 313 g/mol. The van der Waals surface area contributed by atoms with Crippen LogP contribution in [0.25, 0.3) is 11.3 Å². The molecule has 1 aliphatic rings. The molecule has 0 radical (unpaired) electrons. The second-order valence-electron chi connectivity index (χ2n) is 5.41.